The molecule has 0 unspecified atom stereocenters. The SMILES string of the molecule is CC(=O)[C@@]1(C)CCCNC1. The van der Waals surface area contributed by atoms with Crippen LogP contribution in [0.2, 0.25) is 0 Å². The maximum absolute atomic E-state index is 11.1. The average molecular weight is 141 g/mol. The third-order valence-electron chi connectivity index (χ3n) is 2.45. The molecule has 1 N–H and O–H groups in total. The Kier molecular flexibility index (Phi) is 2.09. The molecule has 0 aromatic rings. The normalized spacial score (nSPS) is 33.8. The van der Waals surface area contributed by atoms with Gasteiger partial charge in [0, 0.05) is 12.0 Å². The van der Waals surface area contributed by atoms with E-state index in [-0.39, 0.29) is 5.41 Å². The van der Waals surface area contributed by atoms with Crippen LogP contribution in [-0.4, -0.2) is 18.9 Å². The summed E-state index contributed by atoms with van der Waals surface area (Å²) in [6.45, 7) is 5.67. The van der Waals surface area contributed by atoms with E-state index in [0.29, 0.717) is 5.78 Å². The second-order valence-corrected chi connectivity index (χ2v) is 3.40. The molecule has 0 aromatic heterocycles. The Morgan fingerprint density at radius 1 is 1.60 bits per heavy atom. The standard InChI is InChI=1S/C8H15NO/c1-7(10)8(2)4-3-5-9-6-8/h9H,3-6H2,1-2H3/t8-/m0/s1. The molecule has 1 rings (SSSR count). The van der Waals surface area contributed by atoms with Gasteiger partial charge in [-0.25, -0.2) is 0 Å². The Bertz CT molecular complexity index is 136. The molecule has 2 nitrogen and oxygen atoms in total. The smallest absolute Gasteiger partial charge is 0.136 e. The topological polar surface area (TPSA) is 29.1 Å². The number of hydrogen-bond acceptors (Lipinski definition) is 2. The van der Waals surface area contributed by atoms with Crippen molar-refractivity contribution in [1.82, 2.24) is 5.32 Å². The molecule has 1 saturated heterocycles. The zero-order chi connectivity index (χ0) is 7.61. The van der Waals surface area contributed by atoms with Crippen molar-refractivity contribution in [2.45, 2.75) is 26.7 Å². The summed E-state index contributed by atoms with van der Waals surface area (Å²) in [4.78, 5) is 11.1. The molecule has 58 valence electrons. The lowest BCUT2D eigenvalue weighted by atomic mass is 9.80. The maximum atomic E-state index is 11.1. The Hall–Kier alpha value is -0.370. The van der Waals surface area contributed by atoms with Gasteiger partial charge in [0.05, 0.1) is 0 Å². The average Bonchev–Trinajstić information content (AvgIpc) is 1.89. The highest BCUT2D eigenvalue weighted by molar-refractivity contribution is 5.82. The van der Waals surface area contributed by atoms with Gasteiger partial charge >= 0.3 is 0 Å². The molecule has 1 heterocycles. The summed E-state index contributed by atoms with van der Waals surface area (Å²) in [6.07, 6.45) is 2.19. The predicted octanol–water partition coefficient (Wildman–Crippen LogP) is 0.965. The molecule has 0 spiro atoms. The quantitative estimate of drug-likeness (QED) is 0.589. The van der Waals surface area contributed by atoms with Gasteiger partial charge in [0.2, 0.25) is 0 Å². The Labute approximate surface area is 62.0 Å². The Morgan fingerprint density at radius 2 is 2.30 bits per heavy atom. The van der Waals surface area contributed by atoms with E-state index < -0.39 is 0 Å². The Morgan fingerprint density at radius 3 is 2.60 bits per heavy atom. The van der Waals surface area contributed by atoms with Crippen LogP contribution in [0.15, 0.2) is 0 Å². The minimum Gasteiger partial charge on any atom is -0.316 e. The highest BCUT2D eigenvalue weighted by atomic mass is 16.1. The van der Waals surface area contributed by atoms with E-state index in [1.54, 1.807) is 6.92 Å². The number of rotatable bonds is 1. The molecule has 2 heteroatoms. The van der Waals surface area contributed by atoms with Crippen LogP contribution in [0.1, 0.15) is 26.7 Å². The van der Waals surface area contributed by atoms with Crippen molar-refractivity contribution in [3.8, 4) is 0 Å². The first kappa shape index (κ1) is 7.73. The van der Waals surface area contributed by atoms with Gasteiger partial charge in [-0.1, -0.05) is 6.92 Å². The van der Waals surface area contributed by atoms with Crippen molar-refractivity contribution in [1.29, 1.82) is 0 Å². The molecule has 0 radical (unpaired) electrons. The van der Waals surface area contributed by atoms with Gasteiger partial charge in [-0.3, -0.25) is 4.79 Å². The fourth-order valence-corrected chi connectivity index (χ4v) is 1.36. The van der Waals surface area contributed by atoms with Crippen LogP contribution in [0.25, 0.3) is 0 Å². The monoisotopic (exact) mass is 141 g/mol. The largest absolute Gasteiger partial charge is 0.316 e. The number of hydrogen-bond donors (Lipinski definition) is 1. The Balaban J connectivity index is 2.56. The molecule has 0 bridgehead atoms. The van der Waals surface area contributed by atoms with E-state index in [4.69, 9.17) is 0 Å². The molecular weight excluding hydrogens is 126 g/mol. The van der Waals surface area contributed by atoms with Gasteiger partial charge in [0.1, 0.15) is 5.78 Å². The molecule has 1 atom stereocenters. The molecule has 0 aromatic carbocycles. The van der Waals surface area contributed by atoms with Crippen molar-refractivity contribution >= 4 is 5.78 Å². The van der Waals surface area contributed by atoms with E-state index >= 15 is 0 Å². The van der Waals surface area contributed by atoms with E-state index in [2.05, 4.69) is 5.32 Å². The van der Waals surface area contributed by atoms with Crippen molar-refractivity contribution < 1.29 is 4.79 Å². The zero-order valence-corrected chi connectivity index (χ0v) is 6.74. The molecule has 0 aliphatic carbocycles. The van der Waals surface area contributed by atoms with Gasteiger partial charge in [-0.2, -0.15) is 0 Å². The van der Waals surface area contributed by atoms with E-state index in [9.17, 15) is 4.79 Å². The summed E-state index contributed by atoms with van der Waals surface area (Å²) in [5.74, 6) is 0.319. The van der Waals surface area contributed by atoms with E-state index in [0.717, 1.165) is 25.9 Å². The summed E-state index contributed by atoms with van der Waals surface area (Å²) in [6, 6.07) is 0. The fraction of sp³-hybridized carbons (Fsp3) is 0.875. The first-order chi connectivity index (χ1) is 4.65. The number of piperidine rings is 1. The summed E-state index contributed by atoms with van der Waals surface area (Å²) in [7, 11) is 0. The molecule has 0 saturated carbocycles. The van der Waals surface area contributed by atoms with E-state index in [1.165, 1.54) is 0 Å². The third-order valence-corrected chi connectivity index (χ3v) is 2.45. The summed E-state index contributed by atoms with van der Waals surface area (Å²) in [5, 5.41) is 3.24. The second kappa shape index (κ2) is 2.70. The molecule has 1 fully saturated rings. The lowest BCUT2D eigenvalue weighted by Crippen LogP contribution is -2.42. The highest BCUT2D eigenvalue weighted by Crippen LogP contribution is 2.25. The van der Waals surface area contributed by atoms with Gasteiger partial charge in [0.25, 0.3) is 0 Å². The lowest BCUT2D eigenvalue weighted by molar-refractivity contribution is -0.126. The van der Waals surface area contributed by atoms with Gasteiger partial charge in [-0.15, -0.1) is 0 Å². The fourth-order valence-electron chi connectivity index (χ4n) is 1.36. The molecule has 10 heavy (non-hydrogen) atoms. The first-order valence-electron chi connectivity index (χ1n) is 3.87. The predicted molar refractivity (Wildman–Crippen MR) is 40.9 cm³/mol. The van der Waals surface area contributed by atoms with Crippen LogP contribution < -0.4 is 5.32 Å². The zero-order valence-electron chi connectivity index (χ0n) is 6.74. The maximum Gasteiger partial charge on any atom is 0.136 e. The minimum absolute atomic E-state index is 0.0712. The van der Waals surface area contributed by atoms with Gasteiger partial charge in [0.15, 0.2) is 0 Å². The summed E-state index contributed by atoms with van der Waals surface area (Å²) in [5.41, 5.74) is -0.0712. The highest BCUT2D eigenvalue weighted by Gasteiger charge is 2.30. The van der Waals surface area contributed by atoms with Crippen LogP contribution >= 0.6 is 0 Å². The molecule has 0 amide bonds. The van der Waals surface area contributed by atoms with Gasteiger partial charge in [-0.05, 0) is 26.3 Å². The number of carbonyl (C=O) groups is 1. The first-order valence-corrected chi connectivity index (χ1v) is 3.87. The van der Waals surface area contributed by atoms with Crippen LogP contribution in [0.5, 0.6) is 0 Å². The van der Waals surface area contributed by atoms with Crippen LogP contribution in [-0.2, 0) is 4.79 Å². The lowest BCUT2D eigenvalue weighted by Gasteiger charge is -2.31. The third kappa shape index (κ3) is 1.37. The van der Waals surface area contributed by atoms with Crippen LogP contribution in [0.4, 0.5) is 0 Å². The van der Waals surface area contributed by atoms with Crippen molar-refractivity contribution in [2.24, 2.45) is 5.41 Å². The van der Waals surface area contributed by atoms with Crippen LogP contribution in [0.3, 0.4) is 0 Å². The number of ketones is 1. The molecule has 1 aliphatic rings. The van der Waals surface area contributed by atoms with Crippen molar-refractivity contribution in [3.05, 3.63) is 0 Å². The van der Waals surface area contributed by atoms with Gasteiger partial charge < -0.3 is 5.32 Å². The number of nitrogens with one attached hydrogen (secondary N) is 1. The summed E-state index contributed by atoms with van der Waals surface area (Å²) < 4.78 is 0. The molecule has 1 aliphatic heterocycles. The summed E-state index contributed by atoms with van der Waals surface area (Å²) >= 11 is 0. The second-order valence-electron chi connectivity index (χ2n) is 3.40. The van der Waals surface area contributed by atoms with E-state index in [1.807, 2.05) is 6.92 Å². The number of carbonyl (C=O) groups excluding carboxylic acids is 1. The number of Topliss-reactive ketones (excluding diaryl/α,β-unsaturated/α-hetero) is 1. The minimum atomic E-state index is -0.0712. The van der Waals surface area contributed by atoms with Crippen molar-refractivity contribution in [3.63, 3.8) is 0 Å². The molecular formula is C8H15NO. The van der Waals surface area contributed by atoms with Crippen LogP contribution in [0, 0.1) is 5.41 Å². The van der Waals surface area contributed by atoms with Crippen molar-refractivity contribution in [2.75, 3.05) is 13.1 Å².